The third-order valence-electron chi connectivity index (χ3n) is 1.62. The highest BCUT2D eigenvalue weighted by Crippen LogP contribution is 2.17. The summed E-state index contributed by atoms with van der Waals surface area (Å²) >= 11 is 0. The summed E-state index contributed by atoms with van der Waals surface area (Å²) in [5.41, 5.74) is 0. The second-order valence-electron chi connectivity index (χ2n) is 2.87. The van der Waals surface area contributed by atoms with Gasteiger partial charge in [-0.2, -0.15) is 0 Å². The Morgan fingerprint density at radius 3 is 2.93 bits per heavy atom. The highest BCUT2D eigenvalue weighted by atomic mass is 16.7. The van der Waals surface area contributed by atoms with Crippen LogP contribution in [0.3, 0.4) is 0 Å². The summed E-state index contributed by atoms with van der Waals surface area (Å²) in [4.78, 5) is 16.4. The van der Waals surface area contributed by atoms with Gasteiger partial charge in [-0.15, -0.1) is 5.10 Å². The monoisotopic (exact) mass is 208 g/mol. The maximum Gasteiger partial charge on any atom is 0.332 e. The first kappa shape index (κ1) is 9.38. The van der Waals surface area contributed by atoms with Crippen LogP contribution in [0.15, 0.2) is 16.5 Å². The molecule has 0 saturated heterocycles. The minimum absolute atomic E-state index is 0.248. The SMILES string of the molecule is CC(=O)On1nnnc1-c1ccc(C)o1. The first-order valence-corrected chi connectivity index (χ1v) is 4.21. The van der Waals surface area contributed by atoms with Crippen molar-refractivity contribution in [1.82, 2.24) is 20.4 Å². The number of aromatic nitrogens is 4. The molecule has 0 amide bonds. The first-order chi connectivity index (χ1) is 7.16. The van der Waals surface area contributed by atoms with Crippen LogP contribution in [-0.4, -0.2) is 26.3 Å². The maximum absolute atomic E-state index is 10.7. The fourth-order valence-electron chi connectivity index (χ4n) is 1.06. The van der Waals surface area contributed by atoms with Gasteiger partial charge >= 0.3 is 5.97 Å². The number of nitrogens with zero attached hydrogens (tertiary/aromatic N) is 4. The van der Waals surface area contributed by atoms with Crippen LogP contribution < -0.4 is 4.84 Å². The normalized spacial score (nSPS) is 10.3. The molecule has 2 heterocycles. The van der Waals surface area contributed by atoms with E-state index in [1.165, 1.54) is 6.92 Å². The van der Waals surface area contributed by atoms with Gasteiger partial charge in [-0.1, -0.05) is 0 Å². The van der Waals surface area contributed by atoms with Crippen molar-refractivity contribution in [1.29, 1.82) is 0 Å². The largest absolute Gasteiger partial charge is 0.458 e. The Kier molecular flexibility index (Phi) is 2.20. The van der Waals surface area contributed by atoms with E-state index in [9.17, 15) is 4.79 Å². The number of rotatable bonds is 2. The molecule has 0 spiro atoms. The predicted octanol–water partition coefficient (Wildman–Crippen LogP) is 0.217. The highest BCUT2D eigenvalue weighted by molar-refractivity contribution is 5.66. The van der Waals surface area contributed by atoms with E-state index in [-0.39, 0.29) is 5.82 Å². The molecule has 0 aliphatic rings. The van der Waals surface area contributed by atoms with Crippen LogP contribution in [0.2, 0.25) is 0 Å². The number of carbonyl (C=O) groups is 1. The van der Waals surface area contributed by atoms with Gasteiger partial charge in [0.25, 0.3) is 5.82 Å². The second kappa shape index (κ2) is 3.52. The summed E-state index contributed by atoms with van der Waals surface area (Å²) < 4.78 is 5.30. The molecule has 7 nitrogen and oxygen atoms in total. The molecule has 0 atom stereocenters. The van der Waals surface area contributed by atoms with Crippen molar-refractivity contribution < 1.29 is 14.0 Å². The molecule has 2 aromatic heterocycles. The molecule has 0 aromatic carbocycles. The van der Waals surface area contributed by atoms with Crippen LogP contribution >= 0.6 is 0 Å². The molecule has 0 aliphatic carbocycles. The maximum atomic E-state index is 10.7. The highest BCUT2D eigenvalue weighted by Gasteiger charge is 2.14. The van der Waals surface area contributed by atoms with Gasteiger partial charge in [0.05, 0.1) is 0 Å². The van der Waals surface area contributed by atoms with Crippen LogP contribution in [0, 0.1) is 6.92 Å². The van der Waals surface area contributed by atoms with Gasteiger partial charge in [0.1, 0.15) is 5.76 Å². The first-order valence-electron chi connectivity index (χ1n) is 4.21. The summed E-state index contributed by atoms with van der Waals surface area (Å²) in [6, 6.07) is 3.46. The number of hydrogen-bond acceptors (Lipinski definition) is 6. The summed E-state index contributed by atoms with van der Waals surface area (Å²) in [5, 5.41) is 10.6. The molecule has 0 aliphatic heterocycles. The van der Waals surface area contributed by atoms with Crippen molar-refractivity contribution in [2.45, 2.75) is 13.8 Å². The molecule has 0 unspecified atom stereocenters. The quantitative estimate of drug-likeness (QED) is 0.656. The Labute approximate surface area is 84.6 Å². The zero-order chi connectivity index (χ0) is 10.8. The van der Waals surface area contributed by atoms with Crippen molar-refractivity contribution in [2.24, 2.45) is 0 Å². The van der Waals surface area contributed by atoms with Crippen LogP contribution in [0.4, 0.5) is 0 Å². The minimum Gasteiger partial charge on any atom is -0.458 e. The smallest absolute Gasteiger partial charge is 0.332 e. The van der Waals surface area contributed by atoms with Crippen molar-refractivity contribution in [2.75, 3.05) is 0 Å². The lowest BCUT2D eigenvalue weighted by molar-refractivity contribution is -0.143. The molecule has 2 aromatic rings. The van der Waals surface area contributed by atoms with E-state index >= 15 is 0 Å². The predicted molar refractivity (Wildman–Crippen MR) is 47.5 cm³/mol. The Hall–Kier alpha value is -2.18. The standard InChI is InChI=1S/C8H8N4O3/c1-5-3-4-7(14-5)8-9-10-11-12(8)15-6(2)13/h3-4H,1-2H3. The van der Waals surface area contributed by atoms with E-state index in [0.717, 1.165) is 10.6 Å². The fourth-order valence-corrected chi connectivity index (χ4v) is 1.06. The number of aryl methyl sites for hydroxylation is 1. The molecule has 0 bridgehead atoms. The van der Waals surface area contributed by atoms with Crippen LogP contribution in [-0.2, 0) is 4.79 Å². The van der Waals surface area contributed by atoms with Gasteiger partial charge in [-0.05, 0) is 34.3 Å². The Morgan fingerprint density at radius 2 is 2.33 bits per heavy atom. The third kappa shape index (κ3) is 1.85. The van der Waals surface area contributed by atoms with Crippen molar-refractivity contribution >= 4 is 5.97 Å². The zero-order valence-electron chi connectivity index (χ0n) is 8.17. The number of carbonyl (C=O) groups excluding carboxylic acids is 1. The average Bonchev–Trinajstić information content (AvgIpc) is 2.72. The van der Waals surface area contributed by atoms with E-state index in [4.69, 9.17) is 9.25 Å². The molecule has 7 heteroatoms. The van der Waals surface area contributed by atoms with E-state index in [0.29, 0.717) is 5.76 Å². The lowest BCUT2D eigenvalue weighted by Crippen LogP contribution is -2.18. The summed E-state index contributed by atoms with van der Waals surface area (Å²) in [6.45, 7) is 3.06. The van der Waals surface area contributed by atoms with Crippen LogP contribution in [0.1, 0.15) is 12.7 Å². The molecule has 0 N–H and O–H groups in total. The van der Waals surface area contributed by atoms with E-state index in [1.807, 2.05) is 0 Å². The zero-order valence-corrected chi connectivity index (χ0v) is 8.17. The summed E-state index contributed by atoms with van der Waals surface area (Å²) in [5.74, 6) is 0.909. The molecule has 15 heavy (non-hydrogen) atoms. The topological polar surface area (TPSA) is 83.0 Å². The van der Waals surface area contributed by atoms with Gasteiger partial charge in [-0.25, -0.2) is 4.79 Å². The fraction of sp³-hybridized carbons (Fsp3) is 0.250. The molecular weight excluding hydrogens is 200 g/mol. The second-order valence-corrected chi connectivity index (χ2v) is 2.87. The lowest BCUT2D eigenvalue weighted by atomic mass is 10.4. The van der Waals surface area contributed by atoms with Gasteiger partial charge < -0.3 is 9.25 Å². The number of hydrogen-bond donors (Lipinski definition) is 0. The van der Waals surface area contributed by atoms with E-state index < -0.39 is 5.97 Å². The van der Waals surface area contributed by atoms with Crippen LogP contribution in [0.25, 0.3) is 11.6 Å². The molecule has 0 saturated carbocycles. The molecule has 78 valence electrons. The van der Waals surface area contributed by atoms with Gasteiger partial charge in [0.15, 0.2) is 5.76 Å². The third-order valence-corrected chi connectivity index (χ3v) is 1.62. The van der Waals surface area contributed by atoms with Crippen molar-refractivity contribution in [3.8, 4) is 11.6 Å². The van der Waals surface area contributed by atoms with Crippen molar-refractivity contribution in [3.63, 3.8) is 0 Å². The Bertz CT molecular complexity index is 488. The minimum atomic E-state index is -0.508. The molecule has 2 rings (SSSR count). The summed E-state index contributed by atoms with van der Waals surface area (Å²) in [6.07, 6.45) is 0. The summed E-state index contributed by atoms with van der Waals surface area (Å²) in [7, 11) is 0. The lowest BCUT2D eigenvalue weighted by Gasteiger charge is -1.99. The van der Waals surface area contributed by atoms with Crippen LogP contribution in [0.5, 0.6) is 0 Å². The van der Waals surface area contributed by atoms with E-state index in [2.05, 4.69) is 15.5 Å². The van der Waals surface area contributed by atoms with Gasteiger partial charge in [0, 0.05) is 6.92 Å². The molecule has 0 radical (unpaired) electrons. The Balaban J connectivity index is 2.36. The van der Waals surface area contributed by atoms with Gasteiger partial charge in [-0.3, -0.25) is 0 Å². The van der Waals surface area contributed by atoms with Gasteiger partial charge in [0.2, 0.25) is 0 Å². The van der Waals surface area contributed by atoms with Crippen molar-refractivity contribution in [3.05, 3.63) is 17.9 Å². The molecular formula is C8H8N4O3. The average molecular weight is 208 g/mol. The number of tetrazole rings is 1. The Morgan fingerprint density at radius 1 is 1.53 bits per heavy atom. The molecule has 0 fully saturated rings. The number of furan rings is 1. The van der Waals surface area contributed by atoms with E-state index in [1.54, 1.807) is 19.1 Å².